The molecule has 3 fully saturated rings. The van der Waals surface area contributed by atoms with Crippen LogP contribution >= 0.6 is 0 Å². The number of alkyl halides is 3. The number of nitrogens with zero attached hydrogens (tertiary/aromatic N) is 2. The third kappa shape index (κ3) is 5.23. The Bertz CT molecular complexity index is 1490. The van der Waals surface area contributed by atoms with E-state index in [1.807, 2.05) is 0 Å². The third-order valence-electron chi connectivity index (χ3n) is 5.97. The van der Waals surface area contributed by atoms with E-state index < -0.39 is 115 Å². The minimum absolute atomic E-state index is 0.0753. The Morgan fingerprint density at radius 1 is 1.37 bits per heavy atom. The summed E-state index contributed by atoms with van der Waals surface area (Å²) in [6.07, 6.45) is -7.52. The molecule has 0 radical (unpaired) electrons. The van der Waals surface area contributed by atoms with E-state index in [0.29, 0.717) is 5.32 Å². The summed E-state index contributed by atoms with van der Waals surface area (Å²) in [4.78, 5) is 52.4. The van der Waals surface area contributed by atoms with Crippen molar-refractivity contribution in [3.63, 3.8) is 0 Å². The molecule has 0 bridgehead atoms. The van der Waals surface area contributed by atoms with Gasteiger partial charge in [-0.1, -0.05) is 34.4 Å². The first-order valence-electron chi connectivity index (χ1n) is 17.7. The first-order valence-corrected chi connectivity index (χ1v) is 10.2. The number of nitrogens with one attached hydrogen (secondary N) is 3. The lowest BCUT2D eigenvalue weighted by molar-refractivity contribution is -0.176. The quantitative estimate of drug-likeness (QED) is 0.489. The van der Waals surface area contributed by atoms with Crippen LogP contribution in [0, 0.1) is 39.9 Å². The number of nitriles is 1. The smallest absolute Gasteiger partial charge is 0.356 e. The van der Waals surface area contributed by atoms with Gasteiger partial charge in [-0.3, -0.25) is 19.2 Å². The normalized spacial score (nSPS) is 43.7. The van der Waals surface area contributed by atoms with Gasteiger partial charge in [0.2, 0.25) is 17.7 Å². The van der Waals surface area contributed by atoms with Gasteiger partial charge in [0.1, 0.15) is 18.1 Å². The fourth-order valence-corrected chi connectivity index (χ4v) is 4.01. The summed E-state index contributed by atoms with van der Waals surface area (Å²) in [6.45, 7) is -15.2. The van der Waals surface area contributed by atoms with Gasteiger partial charge in [0.05, 0.1) is 10.2 Å². The molecule has 3 N–H and O–H groups in total. The van der Waals surface area contributed by atoms with Crippen molar-refractivity contribution in [2.45, 2.75) is 71.5 Å². The lowest BCUT2D eigenvalue weighted by Crippen LogP contribution is -2.61. The second-order valence-electron chi connectivity index (χ2n) is 8.84. The van der Waals surface area contributed by atoms with Gasteiger partial charge < -0.3 is 20.9 Å². The van der Waals surface area contributed by atoms with Gasteiger partial charge >= 0.3 is 12.1 Å². The SMILES string of the molecule is [2H]C1([2H])[C@H]2[C@H](C2(C)C)[C@@]([2H])(C(=O)N[C@]([2H])(C#N)C[C@]2([2H])CCNC2=O)N1C(=O)C([2H])(NC(=O)C(F)(F)F)C(C([2H])([2H])[2H])(C([2H])([2H])[2H])C([2H])([2H])[2H]. The van der Waals surface area contributed by atoms with E-state index in [2.05, 4.69) is 5.32 Å². The second-order valence-corrected chi connectivity index (χ2v) is 8.84. The molecule has 1 saturated carbocycles. The number of carbonyl (C=O) groups excluding carboxylic acids is 4. The average Bonchev–Trinajstić information content (AvgIpc) is 3.24. The molecule has 0 aromatic rings. The number of hydrogen-bond donors (Lipinski definition) is 3. The average molecular weight is 515 g/mol. The van der Waals surface area contributed by atoms with Crippen molar-refractivity contribution < 1.29 is 52.9 Å². The van der Waals surface area contributed by atoms with Crippen LogP contribution in [-0.2, 0) is 19.2 Å². The molecule has 0 aromatic carbocycles. The van der Waals surface area contributed by atoms with Crippen LogP contribution in [0.1, 0.15) is 67.8 Å². The number of hydrogen-bond acceptors (Lipinski definition) is 5. The van der Waals surface area contributed by atoms with Gasteiger partial charge in [0, 0.05) is 35.4 Å². The molecule has 4 amide bonds. The van der Waals surface area contributed by atoms with E-state index in [1.54, 1.807) is 5.32 Å². The van der Waals surface area contributed by atoms with Crippen LogP contribution in [0.3, 0.4) is 0 Å². The van der Waals surface area contributed by atoms with Crippen molar-refractivity contribution in [3.05, 3.63) is 0 Å². The molecule has 2 aliphatic heterocycles. The molecule has 12 heteroatoms. The Hall–Kier alpha value is -2.84. The van der Waals surface area contributed by atoms with Crippen molar-refractivity contribution in [1.29, 1.82) is 5.26 Å². The van der Waals surface area contributed by atoms with E-state index in [4.69, 9.17) is 19.2 Å². The van der Waals surface area contributed by atoms with Crippen LogP contribution in [0.5, 0.6) is 0 Å². The molecule has 0 aromatic heterocycles. The topological polar surface area (TPSA) is 131 Å². The van der Waals surface area contributed by atoms with Gasteiger partial charge in [-0.25, -0.2) is 0 Å². The largest absolute Gasteiger partial charge is 0.471 e. The number of likely N-dealkylation sites (tertiary alicyclic amines) is 1. The summed E-state index contributed by atoms with van der Waals surface area (Å²) in [5, 5.41) is 14.3. The highest BCUT2D eigenvalue weighted by Gasteiger charge is 2.70. The Labute approximate surface area is 223 Å². The number of carbonyl (C=O) groups is 4. The number of halogens is 3. The molecular formula is C23H32F3N5O4. The molecule has 194 valence electrons. The van der Waals surface area contributed by atoms with E-state index >= 15 is 0 Å². The highest BCUT2D eigenvalue weighted by molar-refractivity contribution is 5.95. The summed E-state index contributed by atoms with van der Waals surface area (Å²) in [5.41, 5.74) is -6.53. The Morgan fingerprint density at radius 2 is 2.03 bits per heavy atom. The fourth-order valence-electron chi connectivity index (χ4n) is 4.01. The zero-order chi connectivity index (χ0) is 39.5. The third-order valence-corrected chi connectivity index (χ3v) is 5.97. The number of piperidine rings is 1. The molecule has 2 heterocycles. The first kappa shape index (κ1) is 12.9. The summed E-state index contributed by atoms with van der Waals surface area (Å²) >= 11 is 0. The lowest BCUT2D eigenvalue weighted by atomic mass is 9.85. The number of fused-ring (bicyclic) bond motifs is 1. The maximum absolute atomic E-state index is 14.5. The van der Waals surface area contributed by atoms with Gasteiger partial charge in [-0.05, 0) is 35.5 Å². The predicted molar refractivity (Wildman–Crippen MR) is 117 cm³/mol. The summed E-state index contributed by atoms with van der Waals surface area (Å²) < 4.78 is 164. The zero-order valence-corrected chi connectivity index (χ0v) is 18.4. The molecule has 35 heavy (non-hydrogen) atoms. The van der Waals surface area contributed by atoms with Crippen LogP contribution < -0.4 is 16.0 Å². The minimum atomic E-state index is -6.16. The molecule has 2 saturated heterocycles. The molecule has 3 rings (SSSR count). The van der Waals surface area contributed by atoms with Crippen LogP contribution in [0.25, 0.3) is 0 Å². The van der Waals surface area contributed by atoms with Crippen LogP contribution in [0.4, 0.5) is 13.2 Å². The van der Waals surface area contributed by atoms with Crippen molar-refractivity contribution in [3.8, 4) is 6.07 Å². The molecule has 9 nitrogen and oxygen atoms in total. The molecule has 1 aliphatic carbocycles. The Kier molecular flexibility index (Phi) is 3.32. The first-order chi connectivity index (χ1) is 21.9. The summed E-state index contributed by atoms with van der Waals surface area (Å²) in [5.74, 6) is -14.9. The molecular weight excluding hydrogens is 467 g/mol. The van der Waals surface area contributed by atoms with Crippen molar-refractivity contribution in [1.82, 2.24) is 20.9 Å². The van der Waals surface area contributed by atoms with Crippen molar-refractivity contribution in [2.75, 3.05) is 13.0 Å². The molecule has 3 aliphatic rings. The van der Waals surface area contributed by atoms with E-state index in [9.17, 15) is 39.0 Å². The maximum atomic E-state index is 14.5. The minimum Gasteiger partial charge on any atom is -0.356 e. The van der Waals surface area contributed by atoms with Gasteiger partial charge in [0.15, 0.2) is 0 Å². The molecule has 6 atom stereocenters. The second kappa shape index (κ2) is 8.99. The maximum Gasteiger partial charge on any atom is 0.471 e. The fraction of sp³-hybridized carbons (Fsp3) is 0.783. The predicted octanol–water partition coefficient (Wildman–Crippen LogP) is 1.10. The van der Waals surface area contributed by atoms with E-state index in [-0.39, 0.29) is 13.0 Å². The summed E-state index contributed by atoms with van der Waals surface area (Å²) in [7, 11) is 0. The van der Waals surface area contributed by atoms with E-state index in [0.717, 1.165) is 0 Å². The standard InChI is InChI=1S/C23H32F3N5O4/c1-21(2,3)16(30-20(35)23(24,25)26)19(34)31-10-13-14(22(13,4)5)15(31)18(33)29-12(9-27)8-11-6-7-28-17(11)32/h11-16H,6-8,10H2,1-5H3,(H,28,32)(H,29,33)(H,30,35)/t11-,12-,13-,14-,15-,16?/m0/s1/i1D3,2D3,3D3,10D2,11D,12D,15D,16D. The van der Waals surface area contributed by atoms with Gasteiger partial charge in [-0.15, -0.1) is 0 Å². The van der Waals surface area contributed by atoms with Gasteiger partial charge in [-0.2, -0.15) is 18.4 Å². The summed E-state index contributed by atoms with van der Waals surface area (Å²) in [6, 6.07) is -10.4. The van der Waals surface area contributed by atoms with Crippen LogP contribution in [0.2, 0.25) is 0 Å². The molecule has 1 unspecified atom stereocenters. The van der Waals surface area contributed by atoms with Crippen LogP contribution in [0.15, 0.2) is 0 Å². The molecule has 0 spiro atoms. The highest BCUT2D eigenvalue weighted by Crippen LogP contribution is 2.65. The Morgan fingerprint density at radius 3 is 2.54 bits per heavy atom. The van der Waals surface area contributed by atoms with Gasteiger partial charge in [0.25, 0.3) is 0 Å². The Balaban J connectivity index is 2.38. The lowest BCUT2D eigenvalue weighted by Gasteiger charge is -2.37. The highest BCUT2D eigenvalue weighted by atomic mass is 19.4. The van der Waals surface area contributed by atoms with E-state index in [1.165, 1.54) is 19.9 Å². The van der Waals surface area contributed by atoms with Crippen molar-refractivity contribution in [2.24, 2.45) is 28.6 Å². The monoisotopic (exact) mass is 514 g/mol. The van der Waals surface area contributed by atoms with Crippen molar-refractivity contribution >= 4 is 23.6 Å². The zero-order valence-electron chi connectivity index (χ0n) is 33.4. The number of rotatable bonds is 6. The van der Waals surface area contributed by atoms with Crippen LogP contribution in [-0.4, -0.2) is 65.8 Å². The number of amides is 4.